The molecule has 0 aromatic heterocycles. The first-order valence-corrected chi connectivity index (χ1v) is 8.82. The third-order valence-electron chi connectivity index (χ3n) is 4.91. The van der Waals surface area contributed by atoms with Gasteiger partial charge in [-0.25, -0.2) is 4.79 Å². The average molecular weight is 347 g/mol. The smallest absolute Gasteiger partial charge is 0.319 e. The van der Waals surface area contributed by atoms with Crippen LogP contribution in [0.1, 0.15) is 22.7 Å². The van der Waals surface area contributed by atoms with Gasteiger partial charge in [-0.2, -0.15) is 0 Å². The van der Waals surface area contributed by atoms with Crippen LogP contribution in [0.3, 0.4) is 0 Å². The maximum absolute atomic E-state index is 13.0. The van der Waals surface area contributed by atoms with Gasteiger partial charge in [0.15, 0.2) is 0 Å². The average Bonchev–Trinajstić information content (AvgIpc) is 2.96. The highest BCUT2D eigenvalue weighted by molar-refractivity contribution is 6.01. The lowest BCUT2D eigenvalue weighted by Crippen LogP contribution is -2.44. The summed E-state index contributed by atoms with van der Waals surface area (Å²) in [6, 6.07) is 17.4. The van der Waals surface area contributed by atoms with Crippen LogP contribution >= 0.6 is 0 Å². The maximum Gasteiger partial charge on any atom is 0.319 e. The van der Waals surface area contributed by atoms with E-state index in [1.807, 2.05) is 54.3 Å². The molecule has 26 heavy (non-hydrogen) atoms. The van der Waals surface area contributed by atoms with Gasteiger partial charge in [0.05, 0.1) is 23.9 Å². The number of rotatable bonds is 4. The first-order valence-electron chi connectivity index (χ1n) is 8.82. The van der Waals surface area contributed by atoms with Gasteiger partial charge in [-0.05, 0) is 24.5 Å². The van der Waals surface area contributed by atoms with Crippen LogP contribution < -0.4 is 10.6 Å². The summed E-state index contributed by atoms with van der Waals surface area (Å²) in [5.41, 5.74) is 4.61. The minimum absolute atomic E-state index is 0.00469. The molecular weight excluding hydrogens is 326 g/mol. The Hall–Kier alpha value is -3.08. The van der Waals surface area contributed by atoms with E-state index in [2.05, 4.69) is 22.8 Å². The topological polar surface area (TPSA) is 61.4 Å². The molecule has 0 spiro atoms. The molecule has 1 atom stereocenters. The molecule has 2 aromatic rings. The summed E-state index contributed by atoms with van der Waals surface area (Å²) in [6.07, 6.45) is 0.795. The van der Waals surface area contributed by atoms with Crippen molar-refractivity contribution in [3.8, 4) is 0 Å². The molecule has 5 nitrogen and oxygen atoms in total. The van der Waals surface area contributed by atoms with Gasteiger partial charge in [0.1, 0.15) is 0 Å². The van der Waals surface area contributed by atoms with Crippen LogP contribution in [0.5, 0.6) is 0 Å². The van der Waals surface area contributed by atoms with Gasteiger partial charge in [-0.15, -0.1) is 0 Å². The van der Waals surface area contributed by atoms with Gasteiger partial charge in [-0.3, -0.25) is 4.79 Å². The normalized spacial score (nSPS) is 19.3. The fourth-order valence-electron chi connectivity index (χ4n) is 3.62. The quantitative estimate of drug-likeness (QED) is 0.893. The Morgan fingerprint density at radius 2 is 1.88 bits per heavy atom. The zero-order valence-corrected chi connectivity index (χ0v) is 14.7. The molecule has 2 N–H and O–H groups in total. The number of nitrogens with zero attached hydrogens (tertiary/aromatic N) is 1. The van der Waals surface area contributed by atoms with E-state index < -0.39 is 6.04 Å². The van der Waals surface area contributed by atoms with Crippen molar-refractivity contribution in [2.75, 3.05) is 13.1 Å². The summed E-state index contributed by atoms with van der Waals surface area (Å²) in [4.78, 5) is 26.9. The molecule has 1 unspecified atom stereocenters. The van der Waals surface area contributed by atoms with Crippen molar-refractivity contribution in [2.45, 2.75) is 19.4 Å². The fraction of sp³-hybridized carbons (Fsp3) is 0.238. The molecule has 2 heterocycles. The highest BCUT2D eigenvalue weighted by Gasteiger charge is 2.40. The second kappa shape index (κ2) is 6.67. The number of amides is 3. The molecule has 2 aliphatic rings. The van der Waals surface area contributed by atoms with Crippen LogP contribution in [0.4, 0.5) is 4.79 Å². The molecule has 0 radical (unpaired) electrons. The van der Waals surface area contributed by atoms with Crippen LogP contribution in [-0.4, -0.2) is 29.9 Å². The number of hydrogen-bond donors (Lipinski definition) is 2. The number of urea groups is 1. The molecule has 132 valence electrons. The van der Waals surface area contributed by atoms with E-state index in [1.165, 1.54) is 5.56 Å². The minimum atomic E-state index is -0.395. The van der Waals surface area contributed by atoms with Crippen molar-refractivity contribution in [3.05, 3.63) is 82.6 Å². The van der Waals surface area contributed by atoms with E-state index >= 15 is 0 Å². The number of carbonyl (C=O) groups excluding carboxylic acids is 2. The highest BCUT2D eigenvalue weighted by Crippen LogP contribution is 2.32. The first-order chi connectivity index (χ1) is 12.6. The van der Waals surface area contributed by atoms with Crippen LogP contribution in [0, 0.1) is 6.92 Å². The summed E-state index contributed by atoms with van der Waals surface area (Å²) in [5, 5.41) is 5.72. The number of aryl methyl sites for hydroxylation is 1. The molecule has 0 bridgehead atoms. The van der Waals surface area contributed by atoms with Gasteiger partial charge >= 0.3 is 6.03 Å². The van der Waals surface area contributed by atoms with Gasteiger partial charge in [0.25, 0.3) is 5.91 Å². The second-order valence-electron chi connectivity index (χ2n) is 6.80. The maximum atomic E-state index is 13.0. The summed E-state index contributed by atoms with van der Waals surface area (Å²) in [7, 11) is 0. The van der Waals surface area contributed by atoms with Gasteiger partial charge in [0.2, 0.25) is 0 Å². The summed E-state index contributed by atoms with van der Waals surface area (Å²) in [5.74, 6) is -0.00469. The standard InChI is InChI=1S/C21H21N3O2/c1-14-6-5-9-16(12-14)19-18-17(22-21(26)23-19)13-24(20(18)25)11-10-15-7-3-2-4-8-15/h2-9,12,19H,10-11,13H2,1H3,(H2,22,23,26). The zero-order valence-electron chi connectivity index (χ0n) is 14.7. The molecular formula is C21H21N3O2. The van der Waals surface area contributed by atoms with E-state index in [0.29, 0.717) is 18.7 Å². The van der Waals surface area contributed by atoms with E-state index in [0.717, 1.165) is 23.2 Å². The Morgan fingerprint density at radius 1 is 1.08 bits per heavy atom. The van der Waals surface area contributed by atoms with Crippen LogP contribution in [0.2, 0.25) is 0 Å². The Bertz CT molecular complexity index is 889. The van der Waals surface area contributed by atoms with Gasteiger partial charge < -0.3 is 15.5 Å². The van der Waals surface area contributed by atoms with Crippen LogP contribution in [-0.2, 0) is 11.2 Å². The molecule has 3 amide bonds. The Balaban J connectivity index is 1.56. The molecule has 0 aliphatic carbocycles. The Kier molecular flexibility index (Phi) is 4.21. The molecule has 2 aromatic carbocycles. The third kappa shape index (κ3) is 3.08. The SMILES string of the molecule is Cc1cccc(C2NC(=O)NC3=C2C(=O)N(CCc2ccccc2)C3)c1. The lowest BCUT2D eigenvalue weighted by atomic mass is 9.95. The Labute approximate surface area is 152 Å². The number of nitrogens with one attached hydrogen (secondary N) is 2. The molecule has 0 saturated heterocycles. The van der Waals surface area contributed by atoms with Gasteiger partial charge in [0, 0.05) is 6.54 Å². The summed E-state index contributed by atoms with van der Waals surface area (Å²) < 4.78 is 0. The van der Waals surface area contributed by atoms with E-state index in [1.54, 1.807) is 0 Å². The third-order valence-corrected chi connectivity index (χ3v) is 4.91. The van der Waals surface area contributed by atoms with Crippen LogP contribution in [0.15, 0.2) is 65.9 Å². The molecule has 2 aliphatic heterocycles. The fourth-order valence-corrected chi connectivity index (χ4v) is 3.62. The van der Waals surface area contributed by atoms with Crippen molar-refractivity contribution in [1.82, 2.24) is 15.5 Å². The van der Waals surface area contributed by atoms with E-state index in [9.17, 15) is 9.59 Å². The summed E-state index contributed by atoms with van der Waals surface area (Å²) in [6.45, 7) is 3.09. The predicted octanol–water partition coefficient (Wildman–Crippen LogP) is 2.69. The van der Waals surface area contributed by atoms with Crippen molar-refractivity contribution < 1.29 is 9.59 Å². The summed E-state index contributed by atoms with van der Waals surface area (Å²) >= 11 is 0. The Morgan fingerprint density at radius 3 is 2.65 bits per heavy atom. The first kappa shape index (κ1) is 16.4. The van der Waals surface area contributed by atoms with Crippen LogP contribution in [0.25, 0.3) is 0 Å². The lowest BCUT2D eigenvalue weighted by molar-refractivity contribution is -0.125. The zero-order chi connectivity index (χ0) is 18.1. The van der Waals surface area contributed by atoms with E-state index in [-0.39, 0.29) is 11.9 Å². The molecule has 0 fully saturated rings. The molecule has 4 rings (SSSR count). The number of benzene rings is 2. The van der Waals surface area contributed by atoms with Crippen molar-refractivity contribution in [3.63, 3.8) is 0 Å². The minimum Gasteiger partial charge on any atom is -0.333 e. The largest absolute Gasteiger partial charge is 0.333 e. The molecule has 0 saturated carbocycles. The molecule has 5 heteroatoms. The highest BCUT2D eigenvalue weighted by atomic mass is 16.2. The van der Waals surface area contributed by atoms with Crippen molar-refractivity contribution in [2.24, 2.45) is 0 Å². The number of carbonyl (C=O) groups is 2. The van der Waals surface area contributed by atoms with Crippen molar-refractivity contribution in [1.29, 1.82) is 0 Å². The van der Waals surface area contributed by atoms with E-state index in [4.69, 9.17) is 0 Å². The second-order valence-corrected chi connectivity index (χ2v) is 6.80. The predicted molar refractivity (Wildman–Crippen MR) is 99.3 cm³/mol. The lowest BCUT2D eigenvalue weighted by Gasteiger charge is -2.25. The van der Waals surface area contributed by atoms with Crippen molar-refractivity contribution >= 4 is 11.9 Å². The van der Waals surface area contributed by atoms with Gasteiger partial charge in [-0.1, -0.05) is 60.2 Å². The monoisotopic (exact) mass is 347 g/mol. The number of hydrogen-bond acceptors (Lipinski definition) is 2.